The van der Waals surface area contributed by atoms with Gasteiger partial charge in [0.25, 0.3) is 0 Å². The van der Waals surface area contributed by atoms with E-state index in [-0.39, 0.29) is 69.4 Å². The molecule has 1 radical (unpaired) electrons. The third-order valence-electron chi connectivity index (χ3n) is 4.75. The SMILES string of the molecule is CC(C)[O-].CC(C)[O-].CC(C)[O-].CC(C)[O-].Oc1cccc(C=[N+]([Cu+])[N+](=Cc2cccc(O)c2O)C2CCCCC2)c1O.[Sm+3]. The molecule has 1 saturated carbocycles. The summed E-state index contributed by atoms with van der Waals surface area (Å²) in [4.78, 5) is 0. The first kappa shape index (κ1) is 47.1. The third kappa shape index (κ3) is 24.9. The second kappa shape index (κ2) is 26.9. The minimum absolute atomic E-state index is 0. The van der Waals surface area contributed by atoms with Gasteiger partial charge in [0.15, 0.2) is 0 Å². The zero-order valence-electron chi connectivity index (χ0n) is 27.1. The molecule has 0 atom stereocenters. The Bertz CT molecular complexity index is 1050. The molecule has 4 N–H and O–H groups in total. The van der Waals surface area contributed by atoms with Gasteiger partial charge in [-0.1, -0.05) is 55.4 Å². The number of rotatable bonds is 4. The predicted molar refractivity (Wildman–Crippen MR) is 158 cm³/mol. The van der Waals surface area contributed by atoms with E-state index in [1.54, 1.807) is 92.1 Å². The van der Waals surface area contributed by atoms with Crippen LogP contribution in [0.15, 0.2) is 36.4 Å². The zero-order valence-corrected chi connectivity index (χ0v) is 30.6. The Hall–Kier alpha value is -1.32. The van der Waals surface area contributed by atoms with E-state index in [2.05, 4.69) is 0 Å². The Labute approximate surface area is 304 Å². The molecular weight excluding hydrogens is 754 g/mol. The van der Waals surface area contributed by atoms with Crippen molar-refractivity contribution in [2.75, 3.05) is 0 Å². The number of nitrogens with zero attached hydrogens (tertiary/aromatic N) is 2. The summed E-state index contributed by atoms with van der Waals surface area (Å²) >= 11 is 5.72. The van der Waals surface area contributed by atoms with E-state index in [9.17, 15) is 40.9 Å². The molecule has 0 saturated heterocycles. The smallest absolute Gasteiger partial charge is 3.00 e. The van der Waals surface area contributed by atoms with E-state index in [0.29, 0.717) is 11.1 Å². The van der Waals surface area contributed by atoms with E-state index < -0.39 is 24.4 Å². The molecule has 1 aliphatic rings. The van der Waals surface area contributed by atoms with Crippen molar-refractivity contribution < 1.29 is 106 Å². The van der Waals surface area contributed by atoms with Gasteiger partial charge in [0.2, 0.25) is 0 Å². The van der Waals surface area contributed by atoms with Crippen LogP contribution in [-0.2, 0) is 16.2 Å². The number of phenols is 4. The quantitative estimate of drug-likeness (QED) is 0.119. The van der Waals surface area contributed by atoms with Gasteiger partial charge in [-0.05, 0) is 0 Å². The summed E-state index contributed by atoms with van der Waals surface area (Å²) in [6.45, 7) is 12.9. The van der Waals surface area contributed by atoms with Crippen molar-refractivity contribution in [1.29, 1.82) is 0 Å². The Morgan fingerprint density at radius 1 is 0.636 bits per heavy atom. The number of hydrazone groups is 2. The van der Waals surface area contributed by atoms with E-state index >= 15 is 0 Å². The van der Waals surface area contributed by atoms with Gasteiger partial charge in [-0.25, -0.2) is 0 Å². The van der Waals surface area contributed by atoms with Crippen LogP contribution < -0.4 is 20.4 Å². The van der Waals surface area contributed by atoms with Crippen LogP contribution in [0.3, 0.4) is 0 Å². The van der Waals surface area contributed by atoms with Gasteiger partial charge >= 0.3 is 207 Å². The summed E-state index contributed by atoms with van der Waals surface area (Å²) < 4.78 is 3.22. The molecule has 2 aromatic carbocycles. The minimum atomic E-state index is -0.417. The normalized spacial score (nSPS) is 13.4. The Morgan fingerprint density at radius 3 is 1.30 bits per heavy atom. The fourth-order valence-corrected chi connectivity index (χ4v) is 3.60. The van der Waals surface area contributed by atoms with E-state index in [1.165, 1.54) is 22.3 Å². The second-order valence-electron chi connectivity index (χ2n) is 10.8. The number of hydrogen-bond donors (Lipinski definition) is 4. The molecule has 0 bridgehead atoms. The standard InChI is InChI=1S/C20H22N2O4.4C3H7O.Cu.Sm/c23-17-10-4-6-14(19(17)25)12-21-22(16-8-2-1-3-9-16)13-15-7-5-11-18(24)20(15)26;4*1-3(2)4;;/h4-7,10-13,16H,1-3,8-9H2,(H3,21,23,24,25);4*3H,1-2H3;;/q;4*-1;+2;+3/p+1. The fraction of sp³-hybridized carbons (Fsp3) is 0.562. The molecule has 252 valence electrons. The number of benzene rings is 2. The van der Waals surface area contributed by atoms with Crippen molar-refractivity contribution in [3.63, 3.8) is 0 Å². The molecule has 0 aromatic heterocycles. The predicted octanol–water partition coefficient (Wildman–Crippen LogP) is 1.80. The largest absolute Gasteiger partial charge is 3.00 e. The summed E-state index contributed by atoms with van der Waals surface area (Å²) in [5, 5.41) is 77.8. The summed E-state index contributed by atoms with van der Waals surface area (Å²) in [5.74, 6) is -0.869. The van der Waals surface area contributed by atoms with Crippen LogP contribution in [0.4, 0.5) is 0 Å². The van der Waals surface area contributed by atoms with Crippen molar-refractivity contribution in [2.45, 2.75) is 118 Å². The van der Waals surface area contributed by atoms with Crippen LogP contribution >= 0.6 is 0 Å². The number of hydrazine groups is 1. The maximum atomic E-state index is 10.2. The van der Waals surface area contributed by atoms with Gasteiger partial charge in [0, 0.05) is 0 Å². The number of phenolic OH excluding ortho intramolecular Hbond substituents is 4. The van der Waals surface area contributed by atoms with Gasteiger partial charge in [-0.3, -0.25) is 0 Å². The first-order valence-electron chi connectivity index (χ1n) is 14.4. The molecule has 0 spiro atoms. The van der Waals surface area contributed by atoms with Gasteiger partial charge in [0.1, 0.15) is 0 Å². The average molecular weight is 806 g/mol. The number of hydrogen-bond acceptors (Lipinski definition) is 8. The second-order valence-corrected chi connectivity index (χ2v) is 11.2. The van der Waals surface area contributed by atoms with Gasteiger partial charge in [-0.2, -0.15) is 0 Å². The van der Waals surface area contributed by atoms with Gasteiger partial charge < -0.3 is 20.4 Å². The van der Waals surface area contributed by atoms with Crippen LogP contribution in [0, 0.1) is 40.4 Å². The molecule has 0 unspecified atom stereocenters. The van der Waals surface area contributed by atoms with Crippen LogP contribution in [0.2, 0.25) is 0 Å². The molecule has 2 aromatic rings. The molecule has 1 aliphatic carbocycles. The molecule has 1 fully saturated rings. The van der Waals surface area contributed by atoms with Crippen LogP contribution in [0.1, 0.15) is 98.6 Å². The number of aromatic hydroxyl groups is 4. The summed E-state index contributed by atoms with van der Waals surface area (Å²) in [6, 6.07) is 9.55. The molecule has 44 heavy (non-hydrogen) atoms. The van der Waals surface area contributed by atoms with Crippen molar-refractivity contribution in [2.24, 2.45) is 0 Å². The van der Waals surface area contributed by atoms with Crippen molar-refractivity contribution in [3.05, 3.63) is 47.5 Å². The van der Waals surface area contributed by atoms with E-state index in [4.69, 9.17) is 16.2 Å². The maximum absolute atomic E-state index is 10.2. The molecule has 10 nitrogen and oxygen atoms in total. The Kier molecular flexibility index (Phi) is 28.7. The van der Waals surface area contributed by atoms with Crippen molar-refractivity contribution >= 4 is 12.4 Å². The summed E-state index contributed by atoms with van der Waals surface area (Å²) in [7, 11) is 0. The first-order chi connectivity index (χ1) is 19.9. The third-order valence-corrected chi connectivity index (χ3v) is 5.09. The molecule has 0 aliphatic heterocycles. The van der Waals surface area contributed by atoms with Crippen LogP contribution in [-0.4, -0.2) is 71.7 Å². The molecule has 12 heteroatoms. The molecule has 0 heterocycles. The van der Waals surface area contributed by atoms with E-state index in [1.807, 2.05) is 4.68 Å². The monoisotopic (exact) mass is 806 g/mol. The zero-order chi connectivity index (χ0) is 33.7. The molecule has 3 rings (SSSR count). The van der Waals surface area contributed by atoms with Crippen LogP contribution in [0.25, 0.3) is 0 Å². The molecular formula is C32H51CuN2O8Sm+2. The minimum Gasteiger partial charge on any atom is 3.00 e. The van der Waals surface area contributed by atoms with Crippen LogP contribution in [0.5, 0.6) is 23.0 Å². The number of para-hydroxylation sites is 2. The Balaban J connectivity index is -0.000000822. The maximum Gasteiger partial charge on any atom is 3.00 e. The summed E-state index contributed by atoms with van der Waals surface area (Å²) in [6.07, 6.45) is 6.80. The van der Waals surface area contributed by atoms with Crippen molar-refractivity contribution in [3.8, 4) is 23.0 Å². The topological polar surface area (TPSA) is 179 Å². The van der Waals surface area contributed by atoms with Gasteiger partial charge in [0.05, 0.1) is 0 Å². The molecule has 0 amide bonds. The Morgan fingerprint density at radius 2 is 0.955 bits per heavy atom. The summed E-state index contributed by atoms with van der Waals surface area (Å²) in [5.41, 5.74) is 0.828. The van der Waals surface area contributed by atoms with Crippen molar-refractivity contribution in [1.82, 2.24) is 0 Å². The average Bonchev–Trinajstić information content (AvgIpc) is 2.87. The fourth-order valence-electron chi connectivity index (χ4n) is 3.26. The van der Waals surface area contributed by atoms with Gasteiger partial charge in [-0.15, -0.1) is 24.4 Å². The van der Waals surface area contributed by atoms with E-state index in [0.717, 1.165) is 25.7 Å². The first-order valence-corrected chi connectivity index (χ1v) is 14.9.